The quantitative estimate of drug-likeness (QED) is 0.598. The van der Waals surface area contributed by atoms with Gasteiger partial charge < -0.3 is 0 Å². The third-order valence-electron chi connectivity index (χ3n) is 2.34. The van der Waals surface area contributed by atoms with Crippen LogP contribution >= 0.6 is 0 Å². The van der Waals surface area contributed by atoms with Crippen molar-refractivity contribution in [3.05, 3.63) is 35.9 Å². The van der Waals surface area contributed by atoms with Crippen molar-refractivity contribution < 1.29 is 9.22 Å². The van der Waals surface area contributed by atoms with Gasteiger partial charge in [0.25, 0.3) is 0 Å². The van der Waals surface area contributed by atoms with Gasteiger partial charge in [-0.3, -0.25) is 4.42 Å². The maximum absolute atomic E-state index is 11.0. The normalized spacial score (nSPS) is 21.8. The molecule has 0 radical (unpaired) electrons. The van der Waals surface area contributed by atoms with Crippen molar-refractivity contribution in [2.45, 2.75) is 19.3 Å². The third-order valence-corrected chi connectivity index (χ3v) is 2.34. The molecule has 0 bridgehead atoms. The summed E-state index contributed by atoms with van der Waals surface area (Å²) < 4.78 is 5.01. The lowest BCUT2D eigenvalue weighted by Crippen LogP contribution is -2.03. The van der Waals surface area contributed by atoms with Crippen LogP contribution in [0.3, 0.4) is 0 Å². The van der Waals surface area contributed by atoms with Crippen LogP contribution in [0.2, 0.25) is 0 Å². The Morgan fingerprint density at radius 2 is 2.00 bits per heavy atom. The smallest absolute Gasteiger partial charge is 0.281 e. The lowest BCUT2D eigenvalue weighted by Gasteiger charge is -2.03. The van der Waals surface area contributed by atoms with Crippen LogP contribution in [0.15, 0.2) is 30.3 Å². The van der Waals surface area contributed by atoms with Crippen LogP contribution in [-0.4, -0.2) is 11.8 Å². The van der Waals surface area contributed by atoms with E-state index in [9.17, 15) is 4.79 Å². The van der Waals surface area contributed by atoms with E-state index < -0.39 is 0 Å². The summed E-state index contributed by atoms with van der Waals surface area (Å²) in [7, 11) is 0. The summed E-state index contributed by atoms with van der Waals surface area (Å²) in [6.07, 6.45) is 0.482. The highest BCUT2D eigenvalue weighted by molar-refractivity contribution is 5.94. The van der Waals surface area contributed by atoms with Crippen LogP contribution in [0.4, 0.5) is 0 Å². The number of hydrogen-bond acceptors (Lipinski definition) is 1. The summed E-state index contributed by atoms with van der Waals surface area (Å²) in [5.41, 5.74) is 1.16. The molecule has 0 N–H and O–H groups in total. The summed E-state index contributed by atoms with van der Waals surface area (Å²) in [5.74, 6) is 0.858. The zero-order valence-electron chi connectivity index (χ0n) is 7.49. The number of ketones is 1. The lowest BCUT2D eigenvalue weighted by atomic mass is 9.94. The van der Waals surface area contributed by atoms with Gasteiger partial charge in [0.2, 0.25) is 5.78 Å². The maximum atomic E-state index is 11.0. The molecule has 2 rings (SSSR count). The SMILES string of the molecule is CC1=[O+]C(=O)C[C@H]1c1ccccc1. The average Bonchev–Trinajstić information content (AvgIpc) is 2.47. The Hall–Kier alpha value is -1.44. The van der Waals surface area contributed by atoms with Crippen molar-refractivity contribution in [3.63, 3.8) is 0 Å². The summed E-state index contributed by atoms with van der Waals surface area (Å²) in [6, 6.07) is 9.97. The zero-order valence-corrected chi connectivity index (χ0v) is 7.49. The molecule has 0 unspecified atom stereocenters. The monoisotopic (exact) mass is 175 g/mol. The molecular formula is C11H11O2+. The summed E-state index contributed by atoms with van der Waals surface area (Å²) in [6.45, 7) is 1.86. The van der Waals surface area contributed by atoms with Crippen molar-refractivity contribution in [1.82, 2.24) is 0 Å². The average molecular weight is 175 g/mol. The third kappa shape index (κ3) is 1.52. The molecule has 0 aromatic heterocycles. The molecule has 13 heavy (non-hydrogen) atoms. The fraction of sp³-hybridized carbons (Fsp3) is 0.273. The molecule has 2 nitrogen and oxygen atoms in total. The van der Waals surface area contributed by atoms with E-state index in [1.807, 2.05) is 37.3 Å². The Balaban J connectivity index is 2.30. The standard InChI is InChI=1S/C11H11O2/c1-8-10(7-11(12)13-8)9-5-3-2-4-6-9/h2-6,10H,7H2,1H3/q+1/t10-/m1/s1. The zero-order chi connectivity index (χ0) is 9.26. The molecule has 1 aliphatic heterocycles. The Morgan fingerprint density at radius 3 is 2.54 bits per heavy atom. The number of hydrogen-bond donors (Lipinski definition) is 0. The van der Waals surface area contributed by atoms with Gasteiger partial charge in [0.05, 0.1) is 5.92 Å². The fourth-order valence-electron chi connectivity index (χ4n) is 1.64. The Kier molecular flexibility index (Phi) is 1.97. The molecule has 66 valence electrons. The molecular weight excluding hydrogens is 164 g/mol. The first-order valence-electron chi connectivity index (χ1n) is 4.36. The minimum atomic E-state index is -0.119. The van der Waals surface area contributed by atoms with Gasteiger partial charge in [-0.1, -0.05) is 30.3 Å². The van der Waals surface area contributed by atoms with E-state index in [0.717, 1.165) is 11.3 Å². The van der Waals surface area contributed by atoms with E-state index in [0.29, 0.717) is 6.42 Å². The second-order valence-electron chi connectivity index (χ2n) is 3.25. The van der Waals surface area contributed by atoms with Gasteiger partial charge in [0.1, 0.15) is 6.42 Å². The fourth-order valence-corrected chi connectivity index (χ4v) is 1.64. The molecule has 1 aromatic rings. The summed E-state index contributed by atoms with van der Waals surface area (Å²) >= 11 is 0. The van der Waals surface area contributed by atoms with E-state index in [4.69, 9.17) is 4.42 Å². The summed E-state index contributed by atoms with van der Waals surface area (Å²) in [4.78, 5) is 11.0. The molecule has 1 aromatic carbocycles. The van der Waals surface area contributed by atoms with Gasteiger partial charge in [0.15, 0.2) is 0 Å². The molecule has 0 fully saturated rings. The van der Waals surface area contributed by atoms with Gasteiger partial charge in [0, 0.05) is 11.7 Å². The van der Waals surface area contributed by atoms with Crippen molar-refractivity contribution >= 4 is 11.8 Å². The first-order valence-corrected chi connectivity index (χ1v) is 4.36. The first kappa shape index (κ1) is 8.17. The van der Waals surface area contributed by atoms with Gasteiger partial charge in [-0.2, -0.15) is 0 Å². The van der Waals surface area contributed by atoms with Crippen LogP contribution in [-0.2, 0) is 9.22 Å². The largest absolute Gasteiger partial charge is 0.580 e. The van der Waals surface area contributed by atoms with Crippen LogP contribution in [0.1, 0.15) is 24.8 Å². The molecule has 0 saturated heterocycles. The van der Waals surface area contributed by atoms with Gasteiger partial charge in [-0.25, -0.2) is 0 Å². The van der Waals surface area contributed by atoms with E-state index in [1.165, 1.54) is 0 Å². The predicted octanol–water partition coefficient (Wildman–Crippen LogP) is 1.83. The molecule has 0 saturated carbocycles. The number of rotatable bonds is 1. The first-order chi connectivity index (χ1) is 6.27. The second-order valence-corrected chi connectivity index (χ2v) is 3.25. The van der Waals surface area contributed by atoms with Crippen molar-refractivity contribution in [2.24, 2.45) is 0 Å². The van der Waals surface area contributed by atoms with Crippen LogP contribution in [0, 0.1) is 0 Å². The Labute approximate surface area is 76.9 Å². The molecule has 2 heteroatoms. The molecule has 1 atom stereocenters. The minimum absolute atomic E-state index is 0.119. The van der Waals surface area contributed by atoms with E-state index in [1.54, 1.807) is 0 Å². The van der Waals surface area contributed by atoms with Crippen molar-refractivity contribution in [2.75, 3.05) is 0 Å². The van der Waals surface area contributed by atoms with E-state index in [-0.39, 0.29) is 11.9 Å². The summed E-state index contributed by atoms with van der Waals surface area (Å²) in [5, 5.41) is 0. The highest BCUT2D eigenvalue weighted by Crippen LogP contribution is 2.24. The van der Waals surface area contributed by atoms with Crippen molar-refractivity contribution in [3.8, 4) is 0 Å². The molecule has 0 spiro atoms. The predicted molar refractivity (Wildman–Crippen MR) is 49.5 cm³/mol. The maximum Gasteiger partial charge on any atom is 0.580 e. The Bertz CT molecular complexity index is 352. The molecule has 1 heterocycles. The van der Waals surface area contributed by atoms with Crippen LogP contribution in [0.5, 0.6) is 0 Å². The molecule has 0 aliphatic carbocycles. The van der Waals surface area contributed by atoms with Crippen molar-refractivity contribution in [1.29, 1.82) is 0 Å². The number of benzene rings is 1. The topological polar surface area (TPSA) is 28.4 Å². The van der Waals surface area contributed by atoms with Crippen LogP contribution in [0.25, 0.3) is 0 Å². The molecule has 0 amide bonds. The lowest BCUT2D eigenvalue weighted by molar-refractivity contribution is -0.371. The van der Waals surface area contributed by atoms with Gasteiger partial charge in [-0.05, 0) is 5.56 Å². The van der Waals surface area contributed by atoms with E-state index in [2.05, 4.69) is 0 Å². The highest BCUT2D eigenvalue weighted by atomic mass is 16.5. The van der Waals surface area contributed by atoms with Gasteiger partial charge >= 0.3 is 5.97 Å². The second kappa shape index (κ2) is 3.13. The minimum Gasteiger partial charge on any atom is -0.281 e. The van der Waals surface area contributed by atoms with Gasteiger partial charge in [-0.15, -0.1) is 0 Å². The molecule has 1 aliphatic rings. The Morgan fingerprint density at radius 1 is 1.31 bits per heavy atom. The number of carbonyl (C=O) groups excluding carboxylic acids is 2. The van der Waals surface area contributed by atoms with E-state index >= 15 is 0 Å². The van der Waals surface area contributed by atoms with Crippen LogP contribution < -0.4 is 0 Å². The number of carbonyl (C=O) groups is 1. The highest BCUT2D eigenvalue weighted by Gasteiger charge is 2.35.